The third-order valence-corrected chi connectivity index (χ3v) is 4.17. The summed E-state index contributed by atoms with van der Waals surface area (Å²) in [7, 11) is 0. The Balaban J connectivity index is 1.94. The van der Waals surface area contributed by atoms with Gasteiger partial charge in [0.05, 0.1) is 0 Å². The molecule has 1 aromatic carbocycles. The first-order chi connectivity index (χ1) is 9.25. The van der Waals surface area contributed by atoms with Crippen LogP contribution >= 0.6 is 0 Å². The monoisotopic (exact) mass is 257 g/mol. The van der Waals surface area contributed by atoms with E-state index in [4.69, 9.17) is 5.11 Å². The molecule has 1 heterocycles. The van der Waals surface area contributed by atoms with Gasteiger partial charge in [0.15, 0.2) is 0 Å². The molecule has 0 atom stereocenters. The first kappa shape index (κ1) is 12.3. The van der Waals surface area contributed by atoms with Crippen molar-refractivity contribution in [3.05, 3.63) is 41.0 Å². The van der Waals surface area contributed by atoms with Crippen LogP contribution in [0.2, 0.25) is 0 Å². The minimum atomic E-state index is -0.812. The van der Waals surface area contributed by atoms with Crippen LogP contribution in [-0.2, 0) is 13.0 Å². The van der Waals surface area contributed by atoms with Gasteiger partial charge in [-0.1, -0.05) is 24.3 Å². The molecular formula is C16H19NO2. The van der Waals surface area contributed by atoms with Crippen molar-refractivity contribution in [1.82, 2.24) is 4.90 Å². The molecule has 3 nitrogen and oxygen atoms in total. The van der Waals surface area contributed by atoms with Crippen LogP contribution in [0.15, 0.2) is 24.3 Å². The number of benzene rings is 1. The lowest BCUT2D eigenvalue weighted by atomic mass is 9.86. The van der Waals surface area contributed by atoms with Gasteiger partial charge in [0.2, 0.25) is 0 Å². The molecule has 1 aliphatic heterocycles. The van der Waals surface area contributed by atoms with E-state index in [1.807, 2.05) is 0 Å². The fourth-order valence-electron chi connectivity index (χ4n) is 3.16. The van der Waals surface area contributed by atoms with E-state index in [2.05, 4.69) is 24.3 Å². The molecule has 0 saturated carbocycles. The molecule has 2 aliphatic rings. The van der Waals surface area contributed by atoms with E-state index in [1.165, 1.54) is 52.8 Å². The first-order valence-corrected chi connectivity index (χ1v) is 7.04. The molecule has 0 radical (unpaired) electrons. The maximum atomic E-state index is 11.1. The molecule has 0 unspecified atom stereocenters. The molecule has 0 spiro atoms. The van der Waals surface area contributed by atoms with Crippen molar-refractivity contribution in [2.45, 2.75) is 38.6 Å². The highest BCUT2D eigenvalue weighted by Crippen LogP contribution is 2.32. The molecule has 0 fully saturated rings. The van der Waals surface area contributed by atoms with Crippen molar-refractivity contribution < 1.29 is 9.90 Å². The van der Waals surface area contributed by atoms with Crippen LogP contribution in [0.5, 0.6) is 0 Å². The van der Waals surface area contributed by atoms with E-state index in [0.717, 1.165) is 6.42 Å². The van der Waals surface area contributed by atoms with Crippen molar-refractivity contribution >= 4 is 11.7 Å². The summed E-state index contributed by atoms with van der Waals surface area (Å²) in [4.78, 5) is 12.6. The molecule has 3 rings (SSSR count). The van der Waals surface area contributed by atoms with Crippen molar-refractivity contribution in [2.75, 3.05) is 6.54 Å². The number of hydrogen-bond donors (Lipinski definition) is 1. The smallest absolute Gasteiger partial charge is 0.407 e. The molecule has 1 N–H and O–H groups in total. The standard InChI is InChI=1S/C16H19NO2/c18-16(19)17-10-9-15-13(11-17)7-4-8-14(15)12-5-2-1-3-6-12/h4-5,7-8H,1-3,6,9-11H2,(H,18,19). The predicted molar refractivity (Wildman–Crippen MR) is 75.0 cm³/mol. The molecular weight excluding hydrogens is 238 g/mol. The third kappa shape index (κ3) is 2.37. The van der Waals surface area contributed by atoms with Crippen molar-refractivity contribution in [2.24, 2.45) is 0 Å². The van der Waals surface area contributed by atoms with Gasteiger partial charge in [-0.3, -0.25) is 0 Å². The van der Waals surface area contributed by atoms with E-state index in [-0.39, 0.29) is 0 Å². The molecule has 100 valence electrons. The largest absolute Gasteiger partial charge is 0.465 e. The summed E-state index contributed by atoms with van der Waals surface area (Å²) in [5.74, 6) is 0. The highest BCUT2D eigenvalue weighted by molar-refractivity contribution is 5.71. The number of carboxylic acid groups (broad SMARTS) is 1. The zero-order valence-corrected chi connectivity index (χ0v) is 11.1. The van der Waals surface area contributed by atoms with E-state index < -0.39 is 6.09 Å². The summed E-state index contributed by atoms with van der Waals surface area (Å²) in [6, 6.07) is 6.33. The van der Waals surface area contributed by atoms with Crippen LogP contribution in [0, 0.1) is 0 Å². The lowest BCUT2D eigenvalue weighted by Gasteiger charge is -2.29. The zero-order chi connectivity index (χ0) is 13.2. The van der Waals surface area contributed by atoms with E-state index >= 15 is 0 Å². The topological polar surface area (TPSA) is 40.5 Å². The second-order valence-electron chi connectivity index (χ2n) is 5.37. The summed E-state index contributed by atoms with van der Waals surface area (Å²) in [6.45, 7) is 1.15. The normalized spacial score (nSPS) is 18.7. The molecule has 1 aliphatic carbocycles. The average Bonchev–Trinajstić information content (AvgIpc) is 2.47. The van der Waals surface area contributed by atoms with Crippen molar-refractivity contribution in [3.63, 3.8) is 0 Å². The summed E-state index contributed by atoms with van der Waals surface area (Å²) in [5, 5.41) is 9.10. The molecule has 0 aromatic heterocycles. The van der Waals surface area contributed by atoms with Crippen LogP contribution in [-0.4, -0.2) is 22.6 Å². The van der Waals surface area contributed by atoms with Crippen molar-refractivity contribution in [3.8, 4) is 0 Å². The SMILES string of the molecule is O=C(O)N1CCc2c(cccc2C2=CCCCC2)C1. The molecule has 0 saturated heterocycles. The fourth-order valence-corrected chi connectivity index (χ4v) is 3.16. The average molecular weight is 257 g/mol. The van der Waals surface area contributed by atoms with Crippen LogP contribution in [0.4, 0.5) is 4.79 Å². The van der Waals surface area contributed by atoms with Gasteiger partial charge < -0.3 is 10.0 Å². The minimum absolute atomic E-state index is 0.534. The van der Waals surface area contributed by atoms with E-state index in [1.54, 1.807) is 0 Å². The van der Waals surface area contributed by atoms with Crippen LogP contribution in [0.3, 0.4) is 0 Å². The second kappa shape index (κ2) is 5.08. The summed E-state index contributed by atoms with van der Waals surface area (Å²) in [5.41, 5.74) is 5.37. The number of fused-ring (bicyclic) bond motifs is 1. The number of hydrogen-bond acceptors (Lipinski definition) is 1. The van der Waals surface area contributed by atoms with Gasteiger partial charge in [-0.25, -0.2) is 4.79 Å². The Hall–Kier alpha value is -1.77. The first-order valence-electron chi connectivity index (χ1n) is 7.04. The Morgan fingerprint density at radius 2 is 2.11 bits per heavy atom. The number of rotatable bonds is 1. The number of allylic oxidation sites excluding steroid dienone is 2. The number of amides is 1. The van der Waals surface area contributed by atoms with Crippen molar-refractivity contribution in [1.29, 1.82) is 0 Å². The fraction of sp³-hybridized carbons (Fsp3) is 0.438. The van der Waals surface area contributed by atoms with Gasteiger partial charge in [0, 0.05) is 13.1 Å². The molecule has 0 bridgehead atoms. The van der Waals surface area contributed by atoms with Gasteiger partial charge >= 0.3 is 6.09 Å². The molecule has 1 aromatic rings. The number of carbonyl (C=O) groups is 1. The van der Waals surface area contributed by atoms with Gasteiger partial charge in [0.1, 0.15) is 0 Å². The highest BCUT2D eigenvalue weighted by atomic mass is 16.4. The summed E-state index contributed by atoms with van der Waals surface area (Å²) < 4.78 is 0. The van der Waals surface area contributed by atoms with Gasteiger partial charge in [-0.15, -0.1) is 0 Å². The summed E-state index contributed by atoms with van der Waals surface area (Å²) >= 11 is 0. The quantitative estimate of drug-likeness (QED) is 0.833. The van der Waals surface area contributed by atoms with E-state index in [9.17, 15) is 4.79 Å². The van der Waals surface area contributed by atoms with Gasteiger partial charge in [0.25, 0.3) is 0 Å². The maximum absolute atomic E-state index is 11.1. The van der Waals surface area contributed by atoms with E-state index in [0.29, 0.717) is 13.1 Å². The Labute approximate surface area is 113 Å². The van der Waals surface area contributed by atoms with Crippen LogP contribution in [0.1, 0.15) is 42.4 Å². The molecule has 3 heteroatoms. The van der Waals surface area contributed by atoms with Gasteiger partial charge in [-0.2, -0.15) is 0 Å². The summed E-state index contributed by atoms with van der Waals surface area (Å²) in [6.07, 6.45) is 7.31. The Morgan fingerprint density at radius 3 is 2.84 bits per heavy atom. The Morgan fingerprint density at radius 1 is 1.21 bits per heavy atom. The lowest BCUT2D eigenvalue weighted by molar-refractivity contribution is 0.140. The number of nitrogens with zero attached hydrogens (tertiary/aromatic N) is 1. The minimum Gasteiger partial charge on any atom is -0.465 e. The van der Waals surface area contributed by atoms with Gasteiger partial charge in [-0.05, 0) is 54.4 Å². The third-order valence-electron chi connectivity index (χ3n) is 4.17. The second-order valence-corrected chi connectivity index (χ2v) is 5.37. The Kier molecular flexibility index (Phi) is 3.28. The molecule has 19 heavy (non-hydrogen) atoms. The zero-order valence-electron chi connectivity index (χ0n) is 11.1. The van der Waals surface area contributed by atoms with Crippen LogP contribution in [0.25, 0.3) is 5.57 Å². The molecule has 1 amide bonds. The highest BCUT2D eigenvalue weighted by Gasteiger charge is 2.22. The van der Waals surface area contributed by atoms with Crippen LogP contribution < -0.4 is 0 Å². The Bertz CT molecular complexity index is 534. The maximum Gasteiger partial charge on any atom is 0.407 e. The lowest BCUT2D eigenvalue weighted by Crippen LogP contribution is -2.35. The predicted octanol–water partition coefficient (Wildman–Crippen LogP) is 3.68.